The minimum Gasteiger partial charge on any atom is -0.497 e. The van der Waals surface area contributed by atoms with Gasteiger partial charge in [-0.05, 0) is 44.2 Å². The number of guanidine groups is 1. The molecule has 0 bridgehead atoms. The quantitative estimate of drug-likeness (QED) is 0.840. The Balaban J connectivity index is 2.09. The van der Waals surface area contributed by atoms with Gasteiger partial charge in [0.2, 0.25) is 11.9 Å². The van der Waals surface area contributed by atoms with Crippen molar-refractivity contribution in [1.82, 2.24) is 15.3 Å². The van der Waals surface area contributed by atoms with E-state index in [0.29, 0.717) is 11.4 Å². The molecule has 1 aromatic carbocycles. The number of aliphatic imine (C=N–C) groups is 1. The number of aryl methyl sites for hydroxylation is 2. The molecule has 1 aliphatic heterocycles. The molecule has 1 aliphatic rings. The number of hydrogen-bond donors (Lipinski definition) is 2. The lowest BCUT2D eigenvalue weighted by Gasteiger charge is -2.35. The average Bonchev–Trinajstić information content (AvgIpc) is 2.60. The van der Waals surface area contributed by atoms with E-state index in [2.05, 4.69) is 20.3 Å². The minimum absolute atomic E-state index is 0.0637. The molecule has 2 heterocycles. The summed E-state index contributed by atoms with van der Waals surface area (Å²) in [5, 5.41) is 12.3. The van der Waals surface area contributed by atoms with Crippen LogP contribution in [0.1, 0.15) is 17.8 Å². The van der Waals surface area contributed by atoms with E-state index in [1.165, 1.54) is 4.90 Å². The first-order valence-corrected chi connectivity index (χ1v) is 8.24. The predicted molar refractivity (Wildman–Crippen MR) is 98.3 cm³/mol. The number of aromatic nitrogens is 2. The van der Waals surface area contributed by atoms with Crippen molar-refractivity contribution >= 4 is 29.5 Å². The summed E-state index contributed by atoms with van der Waals surface area (Å²) in [6.07, 6.45) is -0.200. The van der Waals surface area contributed by atoms with Crippen molar-refractivity contribution < 1.29 is 19.4 Å². The molecule has 9 nitrogen and oxygen atoms in total. The molecule has 0 spiro atoms. The summed E-state index contributed by atoms with van der Waals surface area (Å²) in [6, 6.07) is 7.50. The summed E-state index contributed by atoms with van der Waals surface area (Å²) >= 11 is 0. The topological polar surface area (TPSA) is 117 Å². The largest absolute Gasteiger partial charge is 0.497 e. The summed E-state index contributed by atoms with van der Waals surface area (Å²) in [5.41, 5.74) is 1.98. The van der Waals surface area contributed by atoms with Crippen LogP contribution in [0.15, 0.2) is 35.3 Å². The van der Waals surface area contributed by atoms with Gasteiger partial charge in [-0.15, -0.1) is 0 Å². The highest BCUT2D eigenvalue weighted by atomic mass is 16.5. The second kappa shape index (κ2) is 7.40. The molecule has 1 saturated heterocycles. The lowest BCUT2D eigenvalue weighted by molar-refractivity contribution is -0.140. The van der Waals surface area contributed by atoms with Gasteiger partial charge in [0.15, 0.2) is 0 Å². The summed E-state index contributed by atoms with van der Waals surface area (Å²) in [4.78, 5) is 38.1. The smallest absolute Gasteiger partial charge is 0.327 e. The van der Waals surface area contributed by atoms with Crippen molar-refractivity contribution in [2.24, 2.45) is 4.99 Å². The number of amides is 1. The van der Waals surface area contributed by atoms with Gasteiger partial charge in [-0.3, -0.25) is 15.0 Å². The van der Waals surface area contributed by atoms with Crippen molar-refractivity contribution in [3.8, 4) is 5.75 Å². The monoisotopic (exact) mass is 369 g/mol. The Bertz CT molecular complexity index is 890. The number of carboxylic acids is 1. The van der Waals surface area contributed by atoms with Gasteiger partial charge in [-0.1, -0.05) is 0 Å². The molecule has 1 atom stereocenters. The third-order valence-corrected chi connectivity index (χ3v) is 3.98. The first-order chi connectivity index (χ1) is 12.9. The van der Waals surface area contributed by atoms with Gasteiger partial charge in [0.1, 0.15) is 11.8 Å². The number of carbonyl (C=O) groups is 2. The van der Waals surface area contributed by atoms with Crippen LogP contribution in [0.4, 0.5) is 11.6 Å². The maximum Gasteiger partial charge on any atom is 0.327 e. The van der Waals surface area contributed by atoms with Crippen LogP contribution < -0.4 is 15.0 Å². The predicted octanol–water partition coefficient (Wildman–Crippen LogP) is 1.57. The van der Waals surface area contributed by atoms with Crippen molar-refractivity contribution in [3.63, 3.8) is 0 Å². The van der Waals surface area contributed by atoms with Gasteiger partial charge in [0.05, 0.1) is 13.5 Å². The van der Waals surface area contributed by atoms with E-state index in [9.17, 15) is 14.7 Å². The van der Waals surface area contributed by atoms with Crippen LogP contribution >= 0.6 is 0 Å². The Morgan fingerprint density at radius 1 is 1.26 bits per heavy atom. The number of benzene rings is 1. The lowest BCUT2D eigenvalue weighted by Crippen LogP contribution is -2.58. The van der Waals surface area contributed by atoms with Crippen molar-refractivity contribution in [2.45, 2.75) is 26.3 Å². The Morgan fingerprint density at radius 3 is 2.44 bits per heavy atom. The number of hydrogen-bond acceptors (Lipinski definition) is 6. The van der Waals surface area contributed by atoms with Gasteiger partial charge < -0.3 is 9.84 Å². The maximum atomic E-state index is 12.0. The fourth-order valence-corrected chi connectivity index (χ4v) is 2.83. The second-order valence-corrected chi connectivity index (χ2v) is 6.06. The number of carboxylic acid groups (broad SMARTS) is 1. The number of nitrogens with zero attached hydrogens (tertiary/aromatic N) is 4. The second-order valence-electron chi connectivity index (χ2n) is 6.06. The van der Waals surface area contributed by atoms with E-state index in [4.69, 9.17) is 4.74 Å². The van der Waals surface area contributed by atoms with E-state index in [1.54, 1.807) is 51.3 Å². The zero-order valence-electron chi connectivity index (χ0n) is 15.1. The number of anilines is 1. The van der Waals surface area contributed by atoms with Gasteiger partial charge >= 0.3 is 5.97 Å². The molecular formula is C18H19N5O4. The molecule has 3 rings (SSSR count). The number of methoxy groups -OCH3 is 1. The molecule has 27 heavy (non-hydrogen) atoms. The Hall–Kier alpha value is -3.49. The van der Waals surface area contributed by atoms with E-state index < -0.39 is 17.9 Å². The molecule has 1 fully saturated rings. The molecule has 0 saturated carbocycles. The molecule has 0 unspecified atom stereocenters. The first kappa shape index (κ1) is 18.3. The highest BCUT2D eigenvalue weighted by Gasteiger charge is 2.37. The minimum atomic E-state index is -1.13. The van der Waals surface area contributed by atoms with Crippen LogP contribution in [0.5, 0.6) is 5.75 Å². The summed E-state index contributed by atoms with van der Waals surface area (Å²) in [5.74, 6) is -0.728. The van der Waals surface area contributed by atoms with Gasteiger partial charge in [-0.25, -0.2) is 14.8 Å². The summed E-state index contributed by atoms with van der Waals surface area (Å²) in [7, 11) is 1.54. The molecule has 1 amide bonds. The Labute approximate surface area is 155 Å². The van der Waals surface area contributed by atoms with E-state index in [-0.39, 0.29) is 18.3 Å². The van der Waals surface area contributed by atoms with Crippen LogP contribution in [0.25, 0.3) is 0 Å². The SMILES string of the molecule is COc1ccc(N2/C(=N/c3nc(C)cc(C)n3)NC(=O)C[C@@H]2C(=O)O)cc1. The molecule has 2 aromatic rings. The lowest BCUT2D eigenvalue weighted by atomic mass is 10.1. The molecular weight excluding hydrogens is 350 g/mol. The normalized spacial score (nSPS) is 18.3. The fraction of sp³-hybridized carbons (Fsp3) is 0.278. The zero-order valence-corrected chi connectivity index (χ0v) is 15.1. The summed E-state index contributed by atoms with van der Waals surface area (Å²) < 4.78 is 5.14. The van der Waals surface area contributed by atoms with Crippen LogP contribution in [-0.4, -0.2) is 46.1 Å². The molecule has 1 aromatic heterocycles. The van der Waals surface area contributed by atoms with Gasteiger partial charge in [0.25, 0.3) is 5.95 Å². The van der Waals surface area contributed by atoms with E-state index >= 15 is 0 Å². The standard InChI is InChI=1S/C18H19N5O4/c1-10-8-11(2)20-17(19-10)22-18-21-15(24)9-14(16(25)26)23(18)12-4-6-13(27-3)7-5-12/h4-8,14H,9H2,1-3H3,(H,25,26)(H,19,20,21,22,24)/t14-/m1/s1. The van der Waals surface area contributed by atoms with E-state index in [1.807, 2.05) is 0 Å². The van der Waals surface area contributed by atoms with Gasteiger partial charge in [-0.2, -0.15) is 4.99 Å². The Kier molecular flexibility index (Phi) is 5.02. The number of nitrogens with one attached hydrogen (secondary N) is 1. The number of aliphatic carboxylic acids is 1. The van der Waals surface area contributed by atoms with Gasteiger partial charge in [0, 0.05) is 17.1 Å². The van der Waals surface area contributed by atoms with Crippen LogP contribution in [0.3, 0.4) is 0 Å². The number of ether oxygens (including phenoxy) is 1. The first-order valence-electron chi connectivity index (χ1n) is 8.24. The summed E-state index contributed by atoms with van der Waals surface area (Å²) in [6.45, 7) is 3.61. The molecule has 9 heteroatoms. The van der Waals surface area contributed by atoms with Crippen LogP contribution in [0.2, 0.25) is 0 Å². The third kappa shape index (κ3) is 4.02. The fourth-order valence-electron chi connectivity index (χ4n) is 2.83. The maximum absolute atomic E-state index is 12.0. The molecule has 0 radical (unpaired) electrons. The molecule has 140 valence electrons. The van der Waals surface area contributed by atoms with Crippen LogP contribution in [-0.2, 0) is 9.59 Å². The average molecular weight is 369 g/mol. The highest BCUT2D eigenvalue weighted by Crippen LogP contribution is 2.25. The van der Waals surface area contributed by atoms with Crippen molar-refractivity contribution in [3.05, 3.63) is 41.7 Å². The zero-order chi connectivity index (χ0) is 19.6. The molecule has 0 aliphatic carbocycles. The Morgan fingerprint density at radius 2 is 1.89 bits per heavy atom. The van der Waals surface area contributed by atoms with Crippen molar-refractivity contribution in [1.29, 1.82) is 0 Å². The van der Waals surface area contributed by atoms with Crippen molar-refractivity contribution in [2.75, 3.05) is 12.0 Å². The van der Waals surface area contributed by atoms with Crippen LogP contribution in [0, 0.1) is 13.8 Å². The third-order valence-electron chi connectivity index (χ3n) is 3.98. The number of rotatable bonds is 4. The van der Waals surface area contributed by atoms with E-state index in [0.717, 1.165) is 11.4 Å². The highest BCUT2D eigenvalue weighted by molar-refractivity contribution is 6.13. The number of carbonyl (C=O) groups excluding carboxylic acids is 1. The molecule has 2 N–H and O–H groups in total.